The highest BCUT2D eigenvalue weighted by Gasteiger charge is 2.18. The van der Waals surface area contributed by atoms with E-state index in [1.165, 1.54) is 0 Å². The third kappa shape index (κ3) is 3.36. The summed E-state index contributed by atoms with van der Waals surface area (Å²) in [4.78, 5) is 25.1. The zero-order valence-electron chi connectivity index (χ0n) is 8.93. The number of hydrogen-bond acceptors (Lipinski definition) is 3. The molecule has 7 heteroatoms. The van der Waals surface area contributed by atoms with Crippen molar-refractivity contribution in [3.05, 3.63) is 32.2 Å². The molecular weight excluding hydrogens is 300 g/mol. The van der Waals surface area contributed by atoms with Crippen LogP contribution in [0.15, 0.2) is 15.5 Å². The van der Waals surface area contributed by atoms with Crippen LogP contribution in [0.1, 0.15) is 24.6 Å². The van der Waals surface area contributed by atoms with Gasteiger partial charge in [-0.2, -0.15) is 0 Å². The largest absolute Gasteiger partial charge is 0.466 e. The molecule has 1 aromatic rings. The second kappa shape index (κ2) is 5.90. The maximum Gasteiger partial charge on any atom is 0.310 e. The highest BCUT2D eigenvalue weighted by Crippen LogP contribution is 2.22. The van der Waals surface area contributed by atoms with E-state index in [1.54, 1.807) is 6.92 Å². The molecule has 0 bridgehead atoms. The van der Waals surface area contributed by atoms with E-state index in [0.717, 1.165) is 6.20 Å². The first-order chi connectivity index (χ1) is 7.97. The summed E-state index contributed by atoms with van der Waals surface area (Å²) in [6.45, 7) is 1.84. The van der Waals surface area contributed by atoms with Gasteiger partial charge in [0.15, 0.2) is 5.43 Å². The molecule has 0 atom stereocenters. The Labute approximate surface area is 104 Å². The molecule has 0 saturated carbocycles. The van der Waals surface area contributed by atoms with Crippen molar-refractivity contribution in [3.63, 3.8) is 0 Å². The molecule has 1 rings (SSSR count). The van der Waals surface area contributed by atoms with Gasteiger partial charge in [0.25, 0.3) is 6.43 Å². The number of aromatic nitrogens is 1. The maximum atomic E-state index is 12.4. The fourth-order valence-corrected chi connectivity index (χ4v) is 1.76. The first-order valence-electron chi connectivity index (χ1n) is 4.81. The standard InChI is InChI=1S/C10H10BrF2NO3/c1-2-17-6(15)3-5-4-14-8(10(12)13)7(11)9(5)16/h4,10H,2-3H2,1H3,(H,14,16). The van der Waals surface area contributed by atoms with E-state index in [-0.39, 0.29) is 23.1 Å². The smallest absolute Gasteiger partial charge is 0.310 e. The van der Waals surface area contributed by atoms with Gasteiger partial charge < -0.3 is 9.72 Å². The van der Waals surface area contributed by atoms with Crippen LogP contribution < -0.4 is 5.43 Å². The van der Waals surface area contributed by atoms with E-state index in [2.05, 4.69) is 25.7 Å². The van der Waals surface area contributed by atoms with Crippen LogP contribution in [0.25, 0.3) is 0 Å². The van der Waals surface area contributed by atoms with E-state index < -0.39 is 23.5 Å². The molecule has 94 valence electrons. The van der Waals surface area contributed by atoms with Gasteiger partial charge in [0, 0.05) is 11.8 Å². The zero-order valence-corrected chi connectivity index (χ0v) is 10.5. The van der Waals surface area contributed by atoms with Gasteiger partial charge in [-0.3, -0.25) is 9.59 Å². The minimum atomic E-state index is -2.78. The lowest BCUT2D eigenvalue weighted by molar-refractivity contribution is -0.142. The minimum absolute atomic E-state index is 0.0831. The van der Waals surface area contributed by atoms with Crippen LogP contribution in [-0.4, -0.2) is 17.6 Å². The van der Waals surface area contributed by atoms with Crippen molar-refractivity contribution < 1.29 is 18.3 Å². The molecule has 0 saturated heterocycles. The summed E-state index contributed by atoms with van der Waals surface area (Å²) >= 11 is 2.78. The topological polar surface area (TPSA) is 59.2 Å². The molecule has 0 aliphatic carbocycles. The number of aromatic amines is 1. The number of nitrogens with one attached hydrogen (secondary N) is 1. The average molecular weight is 310 g/mol. The molecule has 0 fully saturated rings. The Morgan fingerprint density at radius 2 is 2.24 bits per heavy atom. The van der Waals surface area contributed by atoms with Gasteiger partial charge in [-0.25, -0.2) is 8.78 Å². The number of carbonyl (C=O) groups excluding carboxylic acids is 1. The Balaban J connectivity index is 3.01. The maximum absolute atomic E-state index is 12.4. The van der Waals surface area contributed by atoms with Gasteiger partial charge in [-0.15, -0.1) is 0 Å². The summed E-state index contributed by atoms with van der Waals surface area (Å²) in [5.74, 6) is -0.574. The van der Waals surface area contributed by atoms with E-state index in [9.17, 15) is 18.4 Å². The predicted octanol–water partition coefficient (Wildman–Crippen LogP) is 2.18. The molecule has 1 heterocycles. The Morgan fingerprint density at radius 3 is 2.76 bits per heavy atom. The van der Waals surface area contributed by atoms with Crippen LogP contribution in [0.3, 0.4) is 0 Å². The zero-order chi connectivity index (χ0) is 13.0. The number of ether oxygens (including phenoxy) is 1. The summed E-state index contributed by atoms with van der Waals surface area (Å²) in [6.07, 6.45) is -1.93. The van der Waals surface area contributed by atoms with Gasteiger partial charge in [0.05, 0.1) is 17.5 Å². The fourth-order valence-electron chi connectivity index (χ4n) is 1.21. The predicted molar refractivity (Wildman–Crippen MR) is 60.1 cm³/mol. The molecule has 17 heavy (non-hydrogen) atoms. The quantitative estimate of drug-likeness (QED) is 0.867. The van der Waals surface area contributed by atoms with Crippen molar-refractivity contribution in [2.45, 2.75) is 19.8 Å². The molecule has 0 aliphatic heterocycles. The summed E-state index contributed by atoms with van der Waals surface area (Å²) < 4.78 is 29.3. The summed E-state index contributed by atoms with van der Waals surface area (Å²) in [5, 5.41) is 0. The van der Waals surface area contributed by atoms with Crippen LogP contribution in [0.4, 0.5) is 8.78 Å². The highest BCUT2D eigenvalue weighted by molar-refractivity contribution is 9.10. The van der Waals surface area contributed by atoms with Crippen LogP contribution in [0.5, 0.6) is 0 Å². The van der Waals surface area contributed by atoms with Crippen molar-refractivity contribution in [1.29, 1.82) is 0 Å². The number of esters is 1. The van der Waals surface area contributed by atoms with Gasteiger partial charge >= 0.3 is 5.97 Å². The number of halogens is 3. The Bertz CT molecular complexity index is 473. The number of carbonyl (C=O) groups is 1. The average Bonchev–Trinajstić information content (AvgIpc) is 2.25. The molecule has 1 N–H and O–H groups in total. The molecule has 0 amide bonds. The van der Waals surface area contributed by atoms with Crippen LogP contribution in [0, 0.1) is 0 Å². The fraction of sp³-hybridized carbons (Fsp3) is 0.400. The molecule has 0 spiro atoms. The minimum Gasteiger partial charge on any atom is -0.466 e. The lowest BCUT2D eigenvalue weighted by atomic mass is 10.2. The van der Waals surface area contributed by atoms with E-state index >= 15 is 0 Å². The van der Waals surface area contributed by atoms with Crippen LogP contribution >= 0.6 is 15.9 Å². The van der Waals surface area contributed by atoms with Crippen LogP contribution in [-0.2, 0) is 16.0 Å². The number of H-pyrrole nitrogens is 1. The van der Waals surface area contributed by atoms with Gasteiger partial charge in [-0.1, -0.05) is 0 Å². The molecule has 0 aromatic carbocycles. The Hall–Kier alpha value is -1.24. The third-order valence-electron chi connectivity index (χ3n) is 1.99. The van der Waals surface area contributed by atoms with Crippen molar-refractivity contribution in [3.8, 4) is 0 Å². The number of hydrogen-bond donors (Lipinski definition) is 1. The molecule has 0 aliphatic rings. The monoisotopic (exact) mass is 309 g/mol. The summed E-state index contributed by atoms with van der Waals surface area (Å²) in [5.41, 5.74) is -1.05. The Morgan fingerprint density at radius 1 is 1.59 bits per heavy atom. The van der Waals surface area contributed by atoms with E-state index in [0.29, 0.717) is 0 Å². The SMILES string of the molecule is CCOC(=O)Cc1c[nH]c(C(F)F)c(Br)c1=O. The van der Waals surface area contributed by atoms with Gasteiger partial charge in [0.2, 0.25) is 0 Å². The molecule has 1 aromatic heterocycles. The van der Waals surface area contributed by atoms with Crippen molar-refractivity contribution in [2.75, 3.05) is 6.61 Å². The number of pyridine rings is 1. The second-order valence-electron chi connectivity index (χ2n) is 3.15. The van der Waals surface area contributed by atoms with Gasteiger partial charge in [-0.05, 0) is 22.9 Å². The van der Waals surface area contributed by atoms with Crippen molar-refractivity contribution >= 4 is 21.9 Å². The highest BCUT2D eigenvalue weighted by atomic mass is 79.9. The first kappa shape index (κ1) is 13.8. The number of rotatable bonds is 4. The van der Waals surface area contributed by atoms with E-state index in [4.69, 9.17) is 0 Å². The van der Waals surface area contributed by atoms with E-state index in [1.807, 2.05) is 0 Å². The summed E-state index contributed by atoms with van der Waals surface area (Å²) in [7, 11) is 0. The lowest BCUT2D eigenvalue weighted by Gasteiger charge is -2.06. The van der Waals surface area contributed by atoms with Crippen molar-refractivity contribution in [1.82, 2.24) is 4.98 Å². The van der Waals surface area contributed by atoms with Crippen LogP contribution in [0.2, 0.25) is 0 Å². The molecule has 4 nitrogen and oxygen atoms in total. The normalized spacial score (nSPS) is 10.6. The number of alkyl halides is 2. The second-order valence-corrected chi connectivity index (χ2v) is 3.95. The van der Waals surface area contributed by atoms with Crippen molar-refractivity contribution in [2.24, 2.45) is 0 Å². The Kier molecular flexibility index (Phi) is 4.80. The molecule has 0 unspecified atom stereocenters. The molecule has 0 radical (unpaired) electrons. The first-order valence-corrected chi connectivity index (χ1v) is 5.60. The van der Waals surface area contributed by atoms with Gasteiger partial charge in [0.1, 0.15) is 5.69 Å². The molecular formula is C10H10BrF2NO3. The summed E-state index contributed by atoms with van der Waals surface area (Å²) in [6, 6.07) is 0. The lowest BCUT2D eigenvalue weighted by Crippen LogP contribution is -2.18. The third-order valence-corrected chi connectivity index (χ3v) is 2.77.